The lowest BCUT2D eigenvalue weighted by Gasteiger charge is -2.13. The Kier molecular flexibility index (Phi) is 8.06. The van der Waals surface area contributed by atoms with E-state index in [1.165, 1.54) is 12.1 Å². The Balaban J connectivity index is 1.79. The van der Waals surface area contributed by atoms with Crippen LogP contribution in [0.3, 0.4) is 0 Å². The normalized spacial score (nSPS) is 10.9. The number of nitriles is 1. The number of hydrogen-bond donors (Lipinski definition) is 1. The SMILES string of the molecule is CCOc1cc(/C=C(\C#N)C(=O)Nc2ccc(C)c(Cl)c2)ccc1OCc1ccccc1F. The van der Waals surface area contributed by atoms with Crippen molar-refractivity contribution in [1.29, 1.82) is 5.26 Å². The number of nitrogens with zero attached hydrogens (tertiary/aromatic N) is 1. The number of nitrogens with one attached hydrogen (secondary N) is 1. The molecule has 3 aromatic rings. The zero-order valence-corrected chi connectivity index (χ0v) is 18.9. The Morgan fingerprint density at radius 2 is 1.91 bits per heavy atom. The highest BCUT2D eigenvalue weighted by Gasteiger charge is 2.13. The summed E-state index contributed by atoms with van der Waals surface area (Å²) in [6, 6.07) is 18.4. The van der Waals surface area contributed by atoms with Crippen LogP contribution in [0.25, 0.3) is 6.08 Å². The number of ether oxygens (including phenoxy) is 2. The number of benzene rings is 3. The predicted molar refractivity (Wildman–Crippen MR) is 127 cm³/mol. The Bertz CT molecular complexity index is 1230. The number of carbonyl (C=O) groups excluding carboxylic acids is 1. The summed E-state index contributed by atoms with van der Waals surface area (Å²) in [7, 11) is 0. The molecular weight excluding hydrogens is 443 g/mol. The van der Waals surface area contributed by atoms with Gasteiger partial charge in [-0.3, -0.25) is 4.79 Å². The Labute approximate surface area is 197 Å². The first-order chi connectivity index (χ1) is 15.9. The molecule has 0 saturated heterocycles. The van der Waals surface area contributed by atoms with Gasteiger partial charge in [0.25, 0.3) is 5.91 Å². The van der Waals surface area contributed by atoms with Gasteiger partial charge < -0.3 is 14.8 Å². The van der Waals surface area contributed by atoms with Crippen molar-refractivity contribution in [3.63, 3.8) is 0 Å². The van der Waals surface area contributed by atoms with Crippen molar-refractivity contribution in [3.05, 3.63) is 93.8 Å². The molecule has 1 N–H and O–H groups in total. The van der Waals surface area contributed by atoms with Gasteiger partial charge >= 0.3 is 0 Å². The minimum absolute atomic E-state index is 0.0346. The number of aryl methyl sites for hydroxylation is 1. The topological polar surface area (TPSA) is 71.3 Å². The van der Waals surface area contributed by atoms with Gasteiger partial charge in [-0.25, -0.2) is 4.39 Å². The van der Waals surface area contributed by atoms with E-state index in [4.69, 9.17) is 21.1 Å². The van der Waals surface area contributed by atoms with Gasteiger partial charge in [-0.1, -0.05) is 41.9 Å². The summed E-state index contributed by atoms with van der Waals surface area (Å²) in [6.07, 6.45) is 1.45. The van der Waals surface area contributed by atoms with Crippen LogP contribution in [-0.2, 0) is 11.4 Å². The Morgan fingerprint density at radius 3 is 2.61 bits per heavy atom. The van der Waals surface area contributed by atoms with Gasteiger partial charge in [0.05, 0.1) is 6.61 Å². The Morgan fingerprint density at radius 1 is 1.12 bits per heavy atom. The van der Waals surface area contributed by atoms with E-state index >= 15 is 0 Å². The van der Waals surface area contributed by atoms with Gasteiger partial charge in [-0.05, 0) is 61.4 Å². The molecule has 3 aromatic carbocycles. The summed E-state index contributed by atoms with van der Waals surface area (Å²) in [6.45, 7) is 4.09. The third kappa shape index (κ3) is 6.34. The number of carbonyl (C=O) groups is 1. The monoisotopic (exact) mass is 464 g/mol. The lowest BCUT2D eigenvalue weighted by molar-refractivity contribution is -0.112. The van der Waals surface area contributed by atoms with Crippen LogP contribution < -0.4 is 14.8 Å². The molecular formula is C26H22ClFN2O3. The van der Waals surface area contributed by atoms with Crippen LogP contribution in [0.2, 0.25) is 5.02 Å². The third-order valence-corrected chi connectivity index (χ3v) is 5.12. The lowest BCUT2D eigenvalue weighted by Crippen LogP contribution is -2.13. The molecule has 1 amide bonds. The van der Waals surface area contributed by atoms with Crippen molar-refractivity contribution in [1.82, 2.24) is 0 Å². The molecule has 0 atom stereocenters. The fraction of sp³-hybridized carbons (Fsp3) is 0.154. The largest absolute Gasteiger partial charge is 0.490 e. The van der Waals surface area contributed by atoms with Gasteiger partial charge in [0.1, 0.15) is 24.1 Å². The molecule has 0 aliphatic rings. The third-order valence-electron chi connectivity index (χ3n) is 4.71. The van der Waals surface area contributed by atoms with E-state index in [1.807, 2.05) is 19.9 Å². The lowest BCUT2D eigenvalue weighted by atomic mass is 10.1. The van der Waals surface area contributed by atoms with Gasteiger partial charge in [0.2, 0.25) is 0 Å². The predicted octanol–water partition coefficient (Wildman–Crippen LogP) is 6.31. The first-order valence-electron chi connectivity index (χ1n) is 10.2. The standard InChI is InChI=1S/C26H22ClFN2O3/c1-3-32-25-13-18(9-11-24(25)33-16-19-6-4-5-7-23(19)28)12-20(15-29)26(31)30-21-10-8-17(2)22(27)14-21/h4-14H,3,16H2,1-2H3,(H,30,31)/b20-12+. The van der Waals surface area contributed by atoms with Crippen LogP contribution in [0.4, 0.5) is 10.1 Å². The van der Waals surface area contributed by atoms with Crippen LogP contribution >= 0.6 is 11.6 Å². The van der Waals surface area contributed by atoms with Crippen LogP contribution in [0.5, 0.6) is 11.5 Å². The van der Waals surface area contributed by atoms with E-state index in [-0.39, 0.29) is 18.0 Å². The molecule has 0 aromatic heterocycles. The van der Waals surface area contributed by atoms with Crippen molar-refractivity contribution in [2.45, 2.75) is 20.5 Å². The molecule has 0 saturated carbocycles. The summed E-state index contributed by atoms with van der Waals surface area (Å²) in [5.74, 6) is -0.0649. The highest BCUT2D eigenvalue weighted by molar-refractivity contribution is 6.31. The molecule has 5 nitrogen and oxygen atoms in total. The summed E-state index contributed by atoms with van der Waals surface area (Å²) in [5, 5.41) is 12.7. The summed E-state index contributed by atoms with van der Waals surface area (Å²) in [5.41, 5.74) is 2.28. The Hall–Kier alpha value is -3.82. The maximum Gasteiger partial charge on any atom is 0.266 e. The van der Waals surface area contributed by atoms with Gasteiger partial charge in [0.15, 0.2) is 11.5 Å². The number of amides is 1. The van der Waals surface area contributed by atoms with Gasteiger partial charge in [-0.15, -0.1) is 0 Å². The zero-order valence-electron chi connectivity index (χ0n) is 18.2. The van der Waals surface area contributed by atoms with E-state index in [9.17, 15) is 14.4 Å². The molecule has 33 heavy (non-hydrogen) atoms. The van der Waals surface area contributed by atoms with Crippen molar-refractivity contribution < 1.29 is 18.7 Å². The maximum absolute atomic E-state index is 13.9. The molecule has 0 bridgehead atoms. The molecule has 0 unspecified atom stereocenters. The number of rotatable bonds is 8. The fourth-order valence-corrected chi connectivity index (χ4v) is 3.14. The van der Waals surface area contributed by atoms with E-state index in [0.29, 0.717) is 39.9 Å². The van der Waals surface area contributed by atoms with E-state index in [1.54, 1.807) is 54.6 Å². The maximum atomic E-state index is 13.9. The minimum Gasteiger partial charge on any atom is -0.490 e. The van der Waals surface area contributed by atoms with Crippen LogP contribution in [-0.4, -0.2) is 12.5 Å². The van der Waals surface area contributed by atoms with E-state index in [2.05, 4.69) is 5.32 Å². The quantitative estimate of drug-likeness (QED) is 0.313. The number of anilines is 1. The van der Waals surface area contributed by atoms with Crippen molar-refractivity contribution in [2.75, 3.05) is 11.9 Å². The molecule has 3 rings (SSSR count). The van der Waals surface area contributed by atoms with Crippen molar-refractivity contribution in [2.24, 2.45) is 0 Å². The fourth-order valence-electron chi connectivity index (χ4n) is 2.96. The molecule has 0 radical (unpaired) electrons. The van der Waals surface area contributed by atoms with Crippen molar-refractivity contribution in [3.8, 4) is 17.6 Å². The highest BCUT2D eigenvalue weighted by Crippen LogP contribution is 2.30. The summed E-state index contributed by atoms with van der Waals surface area (Å²) in [4.78, 5) is 12.6. The first kappa shape index (κ1) is 23.8. The highest BCUT2D eigenvalue weighted by atomic mass is 35.5. The second kappa shape index (κ2) is 11.2. The van der Waals surface area contributed by atoms with E-state index < -0.39 is 5.91 Å². The van der Waals surface area contributed by atoms with Gasteiger partial charge in [-0.2, -0.15) is 5.26 Å². The summed E-state index contributed by atoms with van der Waals surface area (Å²) < 4.78 is 25.3. The van der Waals surface area contributed by atoms with Crippen LogP contribution in [0.15, 0.2) is 66.2 Å². The molecule has 7 heteroatoms. The second-order valence-electron chi connectivity index (χ2n) is 7.11. The average molecular weight is 465 g/mol. The van der Waals surface area contributed by atoms with E-state index in [0.717, 1.165) is 5.56 Å². The zero-order chi connectivity index (χ0) is 23.8. The second-order valence-corrected chi connectivity index (χ2v) is 7.51. The van der Waals surface area contributed by atoms with Crippen molar-refractivity contribution >= 4 is 29.3 Å². The molecule has 0 spiro atoms. The number of halogens is 2. The van der Waals surface area contributed by atoms with Crippen LogP contribution in [0.1, 0.15) is 23.6 Å². The molecule has 0 aliphatic heterocycles. The first-order valence-corrected chi connectivity index (χ1v) is 10.6. The average Bonchev–Trinajstić information content (AvgIpc) is 2.80. The number of hydrogen-bond acceptors (Lipinski definition) is 4. The van der Waals surface area contributed by atoms with Gasteiger partial charge in [0, 0.05) is 16.3 Å². The molecule has 0 heterocycles. The molecule has 0 fully saturated rings. The molecule has 168 valence electrons. The smallest absolute Gasteiger partial charge is 0.266 e. The summed E-state index contributed by atoms with van der Waals surface area (Å²) >= 11 is 6.10. The molecule has 0 aliphatic carbocycles. The van der Waals surface area contributed by atoms with Crippen LogP contribution in [0, 0.1) is 24.1 Å². The minimum atomic E-state index is -0.560.